The minimum Gasteiger partial charge on any atom is -0.288 e. The van der Waals surface area contributed by atoms with Crippen molar-refractivity contribution in [3.8, 4) is 0 Å². The van der Waals surface area contributed by atoms with Gasteiger partial charge >= 0.3 is 0 Å². The predicted molar refractivity (Wildman–Crippen MR) is 73.7 cm³/mol. The van der Waals surface area contributed by atoms with Crippen LogP contribution in [0.1, 0.15) is 21.5 Å². The maximum absolute atomic E-state index is 13.6. The van der Waals surface area contributed by atoms with E-state index in [1.54, 1.807) is 12.1 Å². The van der Waals surface area contributed by atoms with Crippen molar-refractivity contribution in [3.63, 3.8) is 0 Å². The summed E-state index contributed by atoms with van der Waals surface area (Å²) in [5.41, 5.74) is 1.27. The first-order valence-electron chi connectivity index (χ1n) is 5.25. The fourth-order valence-corrected chi connectivity index (χ4v) is 2.25. The molecule has 2 aromatic rings. The quantitative estimate of drug-likeness (QED) is 0.583. The Bertz CT molecular complexity index is 623. The molecule has 0 aromatic heterocycles. The number of hydrogen-bond donors (Lipinski definition) is 0. The number of halogens is 3. The van der Waals surface area contributed by atoms with Gasteiger partial charge in [0.15, 0.2) is 5.78 Å². The van der Waals surface area contributed by atoms with Crippen molar-refractivity contribution in [2.24, 2.45) is 0 Å². The SMILES string of the molecule is Cc1cccc(C(=O)c2ccc(F)cc2F)c1I. The van der Waals surface area contributed by atoms with Crippen LogP contribution in [-0.2, 0) is 0 Å². The maximum atomic E-state index is 13.6. The summed E-state index contributed by atoms with van der Waals surface area (Å²) in [6.45, 7) is 1.87. The van der Waals surface area contributed by atoms with E-state index in [9.17, 15) is 13.6 Å². The van der Waals surface area contributed by atoms with E-state index in [4.69, 9.17) is 0 Å². The van der Waals surface area contributed by atoms with E-state index in [2.05, 4.69) is 0 Å². The Labute approximate surface area is 117 Å². The zero-order chi connectivity index (χ0) is 13.3. The molecule has 4 heteroatoms. The van der Waals surface area contributed by atoms with Crippen molar-refractivity contribution in [3.05, 3.63) is 68.3 Å². The summed E-state index contributed by atoms with van der Waals surface area (Å²) >= 11 is 2.05. The lowest BCUT2D eigenvalue weighted by Crippen LogP contribution is -2.07. The second-order valence-electron chi connectivity index (χ2n) is 3.89. The average Bonchev–Trinajstić information content (AvgIpc) is 2.32. The average molecular weight is 358 g/mol. The molecule has 0 amide bonds. The second kappa shape index (κ2) is 5.14. The van der Waals surface area contributed by atoms with E-state index in [-0.39, 0.29) is 5.56 Å². The van der Waals surface area contributed by atoms with Crippen molar-refractivity contribution in [2.45, 2.75) is 6.92 Å². The number of ketones is 1. The third-order valence-corrected chi connectivity index (χ3v) is 4.04. The van der Waals surface area contributed by atoms with Gasteiger partial charge in [0, 0.05) is 15.2 Å². The Morgan fingerprint density at radius 1 is 1.11 bits per heavy atom. The third kappa shape index (κ3) is 2.43. The minimum atomic E-state index is -0.836. The molecule has 1 nitrogen and oxygen atoms in total. The Balaban J connectivity index is 2.51. The van der Waals surface area contributed by atoms with E-state index in [1.807, 2.05) is 35.6 Å². The van der Waals surface area contributed by atoms with Crippen LogP contribution in [0.15, 0.2) is 36.4 Å². The van der Waals surface area contributed by atoms with Gasteiger partial charge in [0.05, 0.1) is 5.56 Å². The Morgan fingerprint density at radius 3 is 2.50 bits per heavy atom. The van der Waals surface area contributed by atoms with Crippen molar-refractivity contribution >= 4 is 28.4 Å². The van der Waals surface area contributed by atoms with Crippen molar-refractivity contribution in [1.82, 2.24) is 0 Å². The highest BCUT2D eigenvalue weighted by atomic mass is 127. The number of hydrogen-bond acceptors (Lipinski definition) is 1. The summed E-state index contributed by atoms with van der Waals surface area (Å²) in [6, 6.07) is 8.23. The van der Waals surface area contributed by atoms with E-state index >= 15 is 0 Å². The first kappa shape index (κ1) is 13.1. The Hall–Kier alpha value is -1.30. The van der Waals surface area contributed by atoms with Crippen LogP contribution < -0.4 is 0 Å². The lowest BCUT2D eigenvalue weighted by molar-refractivity contribution is 0.103. The molecule has 0 unspecified atom stereocenters. The molecule has 2 rings (SSSR count). The molecule has 2 aromatic carbocycles. The summed E-state index contributed by atoms with van der Waals surface area (Å²) in [7, 11) is 0. The molecule has 0 aliphatic heterocycles. The van der Waals surface area contributed by atoms with Crippen LogP contribution in [-0.4, -0.2) is 5.78 Å². The molecule has 92 valence electrons. The first-order valence-corrected chi connectivity index (χ1v) is 6.33. The van der Waals surface area contributed by atoms with Crippen LogP contribution in [0.25, 0.3) is 0 Å². The van der Waals surface area contributed by atoms with Crippen LogP contribution in [0.3, 0.4) is 0 Å². The number of aryl methyl sites for hydroxylation is 1. The van der Waals surface area contributed by atoms with E-state index < -0.39 is 17.4 Å². The molecule has 0 N–H and O–H groups in total. The highest BCUT2D eigenvalue weighted by molar-refractivity contribution is 14.1. The molecular weight excluding hydrogens is 349 g/mol. The van der Waals surface area contributed by atoms with Gasteiger partial charge in [0.25, 0.3) is 0 Å². The lowest BCUT2D eigenvalue weighted by atomic mass is 10.0. The molecule has 0 fully saturated rings. The third-order valence-electron chi connectivity index (χ3n) is 2.61. The molecule has 0 saturated heterocycles. The first-order chi connectivity index (χ1) is 8.50. The topological polar surface area (TPSA) is 17.1 Å². The highest BCUT2D eigenvalue weighted by Crippen LogP contribution is 2.21. The molecule has 0 aliphatic rings. The standard InChI is InChI=1S/C14H9F2IO/c1-8-3-2-4-11(13(8)17)14(18)10-6-5-9(15)7-12(10)16/h2-7H,1H3. The Morgan fingerprint density at radius 2 is 1.83 bits per heavy atom. The molecule has 0 radical (unpaired) electrons. The van der Waals surface area contributed by atoms with Crippen molar-refractivity contribution in [1.29, 1.82) is 0 Å². The van der Waals surface area contributed by atoms with Gasteiger partial charge in [-0.05, 0) is 53.3 Å². The number of carbonyl (C=O) groups excluding carboxylic acids is 1. The summed E-state index contributed by atoms with van der Waals surface area (Å²) in [5.74, 6) is -1.96. The number of benzene rings is 2. The molecule has 0 spiro atoms. The lowest BCUT2D eigenvalue weighted by Gasteiger charge is -2.07. The van der Waals surface area contributed by atoms with Crippen LogP contribution >= 0.6 is 22.6 Å². The smallest absolute Gasteiger partial charge is 0.197 e. The summed E-state index contributed by atoms with van der Waals surface area (Å²) in [6.07, 6.45) is 0. The number of carbonyl (C=O) groups is 1. The van der Waals surface area contributed by atoms with Gasteiger partial charge in [-0.1, -0.05) is 12.1 Å². The minimum absolute atomic E-state index is 0.111. The van der Waals surface area contributed by atoms with Crippen molar-refractivity contribution < 1.29 is 13.6 Å². The van der Waals surface area contributed by atoms with E-state index in [0.717, 1.165) is 21.3 Å². The summed E-state index contributed by atoms with van der Waals surface area (Å²) < 4.78 is 27.1. The molecule has 0 atom stereocenters. The van der Waals surface area contributed by atoms with Gasteiger partial charge in [0.1, 0.15) is 11.6 Å². The molecule has 0 bridgehead atoms. The second-order valence-corrected chi connectivity index (χ2v) is 4.97. The maximum Gasteiger partial charge on any atom is 0.197 e. The van der Waals surface area contributed by atoms with Gasteiger partial charge in [-0.3, -0.25) is 4.79 Å². The van der Waals surface area contributed by atoms with E-state index in [1.165, 1.54) is 6.07 Å². The van der Waals surface area contributed by atoms with Crippen LogP contribution in [0.5, 0.6) is 0 Å². The van der Waals surface area contributed by atoms with Crippen LogP contribution in [0, 0.1) is 22.1 Å². The van der Waals surface area contributed by atoms with Crippen molar-refractivity contribution in [2.75, 3.05) is 0 Å². The number of rotatable bonds is 2. The van der Waals surface area contributed by atoms with E-state index in [0.29, 0.717) is 5.56 Å². The van der Waals surface area contributed by atoms with Gasteiger partial charge in [-0.2, -0.15) is 0 Å². The zero-order valence-electron chi connectivity index (χ0n) is 9.51. The molecule has 0 aliphatic carbocycles. The fraction of sp³-hybridized carbons (Fsp3) is 0.0714. The molecule has 0 saturated carbocycles. The Kier molecular flexibility index (Phi) is 3.75. The largest absolute Gasteiger partial charge is 0.288 e. The van der Waals surface area contributed by atoms with Crippen LogP contribution in [0.4, 0.5) is 8.78 Å². The normalized spacial score (nSPS) is 10.4. The monoisotopic (exact) mass is 358 g/mol. The van der Waals surface area contributed by atoms with Gasteiger partial charge < -0.3 is 0 Å². The summed E-state index contributed by atoms with van der Waals surface area (Å²) in [5, 5.41) is 0. The van der Waals surface area contributed by atoms with Gasteiger partial charge in [-0.25, -0.2) is 8.78 Å². The molecular formula is C14H9F2IO. The van der Waals surface area contributed by atoms with Crippen LogP contribution in [0.2, 0.25) is 0 Å². The molecule has 18 heavy (non-hydrogen) atoms. The fourth-order valence-electron chi connectivity index (χ4n) is 1.64. The summed E-state index contributed by atoms with van der Waals surface area (Å²) in [4.78, 5) is 12.2. The van der Waals surface area contributed by atoms with Gasteiger partial charge in [-0.15, -0.1) is 0 Å². The highest BCUT2D eigenvalue weighted by Gasteiger charge is 2.17. The zero-order valence-corrected chi connectivity index (χ0v) is 11.7. The molecule has 0 heterocycles. The predicted octanol–water partition coefficient (Wildman–Crippen LogP) is 4.11. The van der Waals surface area contributed by atoms with Gasteiger partial charge in [0.2, 0.25) is 0 Å².